The summed E-state index contributed by atoms with van der Waals surface area (Å²) in [5.74, 6) is -1.33. The Bertz CT molecular complexity index is 1360. The molecule has 0 fully saturated rings. The molecule has 0 amide bonds. The number of hydrogen-bond acceptors (Lipinski definition) is 18. The summed E-state index contributed by atoms with van der Waals surface area (Å²) in [5, 5.41) is 62.2. The number of aliphatic hydroxyl groups is 6. The lowest BCUT2D eigenvalue weighted by atomic mass is 9.92. The Morgan fingerprint density at radius 3 is 1.03 bits per heavy atom. The number of carbonyl (C=O) groups excluding carboxylic acids is 3. The smallest absolute Gasteiger partial charge is 0.306 e. The molecule has 75 heavy (non-hydrogen) atoms. The number of carbonyl (C=O) groups is 3. The number of unbranched alkanes of at least 4 members (excludes halogenated alkanes) is 19. The number of nitrogens with two attached hydrogens (primary N) is 6. The fraction of sp³-hybridized carbons (Fsp3) is 0.947. The summed E-state index contributed by atoms with van der Waals surface area (Å²) in [5.41, 5.74) is 36.8. The predicted octanol–water partition coefficient (Wildman–Crippen LogP) is 6.22. The number of rotatable bonds is 53. The molecule has 0 aliphatic rings. The van der Waals surface area contributed by atoms with Gasteiger partial charge in [-0.2, -0.15) is 0 Å². The Morgan fingerprint density at radius 1 is 0.333 bits per heavy atom. The minimum atomic E-state index is -0.969. The molecule has 0 aliphatic carbocycles. The Morgan fingerprint density at radius 2 is 0.613 bits per heavy atom. The van der Waals surface area contributed by atoms with Gasteiger partial charge in [0.05, 0.1) is 36.6 Å². The van der Waals surface area contributed by atoms with Crippen LogP contribution in [0.1, 0.15) is 252 Å². The molecular formula is C57H116N6O12. The fourth-order valence-electron chi connectivity index (χ4n) is 9.29. The summed E-state index contributed by atoms with van der Waals surface area (Å²) < 4.78 is 16.7. The van der Waals surface area contributed by atoms with E-state index in [0.717, 1.165) is 122 Å². The molecular weight excluding hydrogens is 961 g/mol. The van der Waals surface area contributed by atoms with Gasteiger partial charge in [0.2, 0.25) is 0 Å². The standard InChI is InChI=1S/C57H116N6O12/c1-4-7-9-10-17-25-33-50(65)43(58)29-22-14-11-18-26-34-55(70)73-40-42(75-57(72)36-28-20-13-16-24-30-44(59)52(67)38-47(62)51(66)32-21-8-5-2)41-74-56(71)35-27-19-12-15-23-31-45(60)53(68)39-48(63)54(69)37-46(61)49(64)6-3/h42-54,64-69H,4-41,58-63H2,1-3H3. The fourth-order valence-corrected chi connectivity index (χ4v) is 9.29. The molecule has 0 bridgehead atoms. The van der Waals surface area contributed by atoms with E-state index in [9.17, 15) is 45.0 Å². The largest absolute Gasteiger partial charge is 0.462 e. The van der Waals surface area contributed by atoms with Crippen LogP contribution in [0.2, 0.25) is 0 Å². The quantitative estimate of drug-likeness (QED) is 0.0183. The van der Waals surface area contributed by atoms with Crippen molar-refractivity contribution in [1.29, 1.82) is 0 Å². The summed E-state index contributed by atoms with van der Waals surface area (Å²) >= 11 is 0. The minimum Gasteiger partial charge on any atom is -0.462 e. The van der Waals surface area contributed by atoms with E-state index in [2.05, 4.69) is 13.8 Å². The van der Waals surface area contributed by atoms with Crippen molar-refractivity contribution >= 4 is 17.9 Å². The van der Waals surface area contributed by atoms with Gasteiger partial charge in [-0.3, -0.25) is 14.4 Å². The van der Waals surface area contributed by atoms with Crippen LogP contribution in [0.5, 0.6) is 0 Å². The zero-order chi connectivity index (χ0) is 56.2. The van der Waals surface area contributed by atoms with Gasteiger partial charge in [0.15, 0.2) is 6.10 Å². The first-order chi connectivity index (χ1) is 35.9. The van der Waals surface area contributed by atoms with E-state index in [0.29, 0.717) is 44.9 Å². The number of ether oxygens (including phenoxy) is 3. The van der Waals surface area contributed by atoms with E-state index in [4.69, 9.17) is 48.6 Å². The summed E-state index contributed by atoms with van der Waals surface area (Å²) in [6.45, 7) is 5.63. The van der Waals surface area contributed by atoms with Crippen molar-refractivity contribution in [2.45, 2.75) is 331 Å². The Hall–Kier alpha value is -2.07. The third kappa shape index (κ3) is 40.7. The Balaban J connectivity index is 4.81. The highest BCUT2D eigenvalue weighted by molar-refractivity contribution is 5.71. The summed E-state index contributed by atoms with van der Waals surface area (Å²) in [6, 6.07) is -3.01. The normalized spacial score (nSPS) is 17.2. The molecule has 0 rings (SSSR count). The highest BCUT2D eigenvalue weighted by Gasteiger charge is 2.27. The molecule has 18 N–H and O–H groups in total. The molecule has 446 valence electrons. The van der Waals surface area contributed by atoms with E-state index in [1.807, 2.05) is 0 Å². The van der Waals surface area contributed by atoms with E-state index in [1.165, 1.54) is 25.7 Å². The second kappa shape index (κ2) is 47.9. The van der Waals surface area contributed by atoms with Gasteiger partial charge >= 0.3 is 17.9 Å². The van der Waals surface area contributed by atoms with Crippen LogP contribution >= 0.6 is 0 Å². The molecule has 13 atom stereocenters. The zero-order valence-corrected chi connectivity index (χ0v) is 47.5. The second-order valence-corrected chi connectivity index (χ2v) is 22.0. The van der Waals surface area contributed by atoms with Gasteiger partial charge in [-0.1, -0.05) is 156 Å². The lowest BCUT2D eigenvalue weighted by Gasteiger charge is -2.27. The number of esters is 3. The maximum absolute atomic E-state index is 12.9. The van der Waals surface area contributed by atoms with Crippen LogP contribution in [0.4, 0.5) is 0 Å². The molecule has 18 heteroatoms. The zero-order valence-electron chi connectivity index (χ0n) is 47.5. The van der Waals surface area contributed by atoms with E-state index in [-0.39, 0.29) is 57.8 Å². The first kappa shape index (κ1) is 72.9. The molecule has 0 aromatic rings. The monoisotopic (exact) mass is 1080 g/mol. The molecule has 0 aliphatic heterocycles. The first-order valence-electron chi connectivity index (χ1n) is 30.0. The molecule has 0 heterocycles. The molecule has 0 radical (unpaired) electrons. The van der Waals surface area contributed by atoms with Crippen molar-refractivity contribution in [1.82, 2.24) is 0 Å². The third-order valence-electron chi connectivity index (χ3n) is 14.8. The predicted molar refractivity (Wildman–Crippen MR) is 299 cm³/mol. The lowest BCUT2D eigenvalue weighted by Crippen LogP contribution is -2.47. The summed E-state index contributed by atoms with van der Waals surface area (Å²) in [6.07, 6.45) is 21.4. The van der Waals surface area contributed by atoms with Crippen LogP contribution in [0.25, 0.3) is 0 Å². The molecule has 0 aromatic carbocycles. The van der Waals surface area contributed by atoms with Gasteiger partial charge in [0, 0.05) is 55.5 Å². The Labute approximate surface area is 454 Å². The average molecular weight is 1080 g/mol. The van der Waals surface area contributed by atoms with Gasteiger partial charge < -0.3 is 79.3 Å². The van der Waals surface area contributed by atoms with Gasteiger partial charge in [-0.25, -0.2) is 0 Å². The van der Waals surface area contributed by atoms with E-state index in [1.54, 1.807) is 6.92 Å². The highest BCUT2D eigenvalue weighted by atomic mass is 16.6. The van der Waals surface area contributed by atoms with Crippen molar-refractivity contribution in [3.63, 3.8) is 0 Å². The van der Waals surface area contributed by atoms with E-state index < -0.39 is 90.8 Å². The van der Waals surface area contributed by atoms with Crippen LogP contribution in [0.3, 0.4) is 0 Å². The van der Waals surface area contributed by atoms with Crippen molar-refractivity contribution in [2.24, 2.45) is 34.4 Å². The Kier molecular flexibility index (Phi) is 46.6. The van der Waals surface area contributed by atoms with Gasteiger partial charge in [0.1, 0.15) is 13.2 Å². The number of aliphatic hydroxyl groups excluding tert-OH is 6. The summed E-state index contributed by atoms with van der Waals surface area (Å²) in [4.78, 5) is 38.4. The van der Waals surface area contributed by atoms with Crippen molar-refractivity contribution in [3.05, 3.63) is 0 Å². The molecule has 0 saturated carbocycles. The summed E-state index contributed by atoms with van der Waals surface area (Å²) in [7, 11) is 0. The molecule has 18 nitrogen and oxygen atoms in total. The van der Waals surface area contributed by atoms with Gasteiger partial charge in [0.25, 0.3) is 0 Å². The number of hydrogen-bond donors (Lipinski definition) is 12. The minimum absolute atomic E-state index is 0.112. The maximum Gasteiger partial charge on any atom is 0.306 e. The van der Waals surface area contributed by atoms with Gasteiger partial charge in [-0.15, -0.1) is 0 Å². The van der Waals surface area contributed by atoms with Crippen molar-refractivity contribution < 1.29 is 59.2 Å². The third-order valence-corrected chi connectivity index (χ3v) is 14.8. The van der Waals surface area contributed by atoms with Crippen LogP contribution < -0.4 is 34.4 Å². The van der Waals surface area contributed by atoms with Crippen LogP contribution in [0.15, 0.2) is 0 Å². The van der Waals surface area contributed by atoms with E-state index >= 15 is 0 Å². The highest BCUT2D eigenvalue weighted by Crippen LogP contribution is 2.19. The van der Waals surface area contributed by atoms with Crippen LogP contribution in [-0.2, 0) is 28.6 Å². The SMILES string of the molecule is CCCCCCCCC(O)C(N)CCCCCCCC(=O)OCC(COC(=O)CCCCCCCC(N)C(O)CC(N)C(O)CC(N)C(O)CC)OC(=O)CCCCCCCC(N)C(O)CC(N)C(O)CCCCC. The molecule has 0 spiro atoms. The van der Waals surface area contributed by atoms with Crippen LogP contribution in [0, 0.1) is 0 Å². The molecule has 0 saturated heterocycles. The molecule has 13 unspecified atom stereocenters. The van der Waals surface area contributed by atoms with Crippen molar-refractivity contribution in [3.8, 4) is 0 Å². The average Bonchev–Trinajstić information content (AvgIpc) is 3.38. The van der Waals surface area contributed by atoms with Crippen LogP contribution in [-0.4, -0.2) is 141 Å². The second-order valence-electron chi connectivity index (χ2n) is 22.0. The topological polar surface area (TPSA) is 356 Å². The molecule has 0 aromatic heterocycles. The van der Waals surface area contributed by atoms with Crippen molar-refractivity contribution in [2.75, 3.05) is 13.2 Å². The first-order valence-corrected chi connectivity index (χ1v) is 30.0. The maximum atomic E-state index is 12.9. The van der Waals surface area contributed by atoms with Gasteiger partial charge in [-0.05, 0) is 77.0 Å². The lowest BCUT2D eigenvalue weighted by molar-refractivity contribution is -0.167.